The molecule has 0 spiro atoms. The van der Waals surface area contributed by atoms with Crippen LogP contribution in [0.25, 0.3) is 0 Å². The lowest BCUT2D eigenvalue weighted by Gasteiger charge is -2.18. The van der Waals surface area contributed by atoms with E-state index in [2.05, 4.69) is 10.2 Å². The highest BCUT2D eigenvalue weighted by molar-refractivity contribution is 5.97. The molecule has 1 atom stereocenters. The average Bonchev–Trinajstić information content (AvgIpc) is 2.89. The molecule has 1 fully saturated rings. The van der Waals surface area contributed by atoms with E-state index in [1.165, 1.54) is 0 Å². The molecule has 1 aliphatic heterocycles. The van der Waals surface area contributed by atoms with Crippen molar-refractivity contribution in [1.29, 1.82) is 5.26 Å². The zero-order valence-electron chi connectivity index (χ0n) is 13.6. The van der Waals surface area contributed by atoms with Gasteiger partial charge in [0.15, 0.2) is 0 Å². The second kappa shape index (κ2) is 7.75. The number of benzene rings is 1. The minimum atomic E-state index is -0.308. The summed E-state index contributed by atoms with van der Waals surface area (Å²) in [5.41, 5.74) is 1.19. The molecule has 0 radical (unpaired) electrons. The van der Waals surface area contributed by atoms with E-state index < -0.39 is 0 Å². The fourth-order valence-corrected chi connectivity index (χ4v) is 2.61. The van der Waals surface area contributed by atoms with Crippen molar-refractivity contribution >= 4 is 17.5 Å². The topological polar surface area (TPSA) is 76.4 Å². The van der Waals surface area contributed by atoms with E-state index in [0.29, 0.717) is 24.3 Å². The van der Waals surface area contributed by atoms with Gasteiger partial charge in [-0.25, -0.2) is 0 Å². The maximum atomic E-state index is 12.3. The third-order valence-electron chi connectivity index (χ3n) is 3.90. The third-order valence-corrected chi connectivity index (χ3v) is 3.90. The molecule has 23 heavy (non-hydrogen) atoms. The molecule has 1 unspecified atom stereocenters. The standard InChI is InChI=1S/C17H22N4O2/c1-20(2)8-3-9-21-12-14(10-16(21)22)17(23)19-15-6-4-13(11-18)5-7-15/h4-7,14H,3,8-10,12H2,1-2H3,(H,19,23). The molecule has 1 N–H and O–H groups in total. The van der Waals surface area contributed by atoms with Crippen molar-refractivity contribution in [2.45, 2.75) is 12.8 Å². The zero-order chi connectivity index (χ0) is 16.8. The summed E-state index contributed by atoms with van der Waals surface area (Å²) in [5, 5.41) is 11.6. The number of nitrogens with zero attached hydrogens (tertiary/aromatic N) is 3. The summed E-state index contributed by atoms with van der Waals surface area (Å²) in [4.78, 5) is 28.1. The quantitative estimate of drug-likeness (QED) is 0.858. The highest BCUT2D eigenvalue weighted by Gasteiger charge is 2.33. The number of carbonyl (C=O) groups excluding carboxylic acids is 2. The molecule has 1 aromatic carbocycles. The molecule has 1 aliphatic rings. The fraction of sp³-hybridized carbons (Fsp3) is 0.471. The van der Waals surface area contributed by atoms with Crippen molar-refractivity contribution in [3.05, 3.63) is 29.8 Å². The zero-order valence-corrected chi connectivity index (χ0v) is 13.6. The van der Waals surface area contributed by atoms with Gasteiger partial charge < -0.3 is 15.1 Å². The van der Waals surface area contributed by atoms with E-state index in [1.807, 2.05) is 20.2 Å². The predicted molar refractivity (Wildman–Crippen MR) is 87.6 cm³/mol. The molecule has 6 nitrogen and oxygen atoms in total. The largest absolute Gasteiger partial charge is 0.342 e. The van der Waals surface area contributed by atoms with Gasteiger partial charge in [0.2, 0.25) is 11.8 Å². The van der Waals surface area contributed by atoms with Gasteiger partial charge in [-0.1, -0.05) is 0 Å². The molecular weight excluding hydrogens is 292 g/mol. The molecule has 0 bridgehead atoms. The van der Waals surface area contributed by atoms with Gasteiger partial charge in [0, 0.05) is 25.2 Å². The number of carbonyl (C=O) groups is 2. The molecule has 2 amide bonds. The predicted octanol–water partition coefficient (Wildman–Crippen LogP) is 1.30. The molecule has 0 aromatic heterocycles. The summed E-state index contributed by atoms with van der Waals surface area (Å²) < 4.78 is 0. The van der Waals surface area contributed by atoms with E-state index in [9.17, 15) is 9.59 Å². The first-order valence-corrected chi connectivity index (χ1v) is 7.73. The first kappa shape index (κ1) is 17.0. The highest BCUT2D eigenvalue weighted by atomic mass is 16.2. The average molecular weight is 314 g/mol. The van der Waals surface area contributed by atoms with Crippen LogP contribution < -0.4 is 5.32 Å². The van der Waals surface area contributed by atoms with Crippen molar-refractivity contribution in [3.63, 3.8) is 0 Å². The van der Waals surface area contributed by atoms with Crippen LogP contribution in [0, 0.1) is 17.2 Å². The van der Waals surface area contributed by atoms with Gasteiger partial charge in [-0.2, -0.15) is 5.26 Å². The number of amides is 2. The SMILES string of the molecule is CN(C)CCCN1CC(C(=O)Nc2ccc(C#N)cc2)CC1=O. The molecule has 1 aromatic rings. The van der Waals surface area contributed by atoms with Gasteiger partial charge in [0.25, 0.3) is 0 Å². The lowest BCUT2D eigenvalue weighted by molar-refractivity contribution is -0.128. The van der Waals surface area contributed by atoms with Gasteiger partial charge in [0.05, 0.1) is 17.6 Å². The van der Waals surface area contributed by atoms with Crippen molar-refractivity contribution in [2.24, 2.45) is 5.92 Å². The summed E-state index contributed by atoms with van der Waals surface area (Å²) in [5.74, 6) is -0.403. The van der Waals surface area contributed by atoms with Crippen molar-refractivity contribution in [2.75, 3.05) is 39.0 Å². The minimum Gasteiger partial charge on any atom is -0.342 e. The number of anilines is 1. The summed E-state index contributed by atoms with van der Waals surface area (Å²) in [6, 6.07) is 8.74. The number of hydrogen-bond acceptors (Lipinski definition) is 4. The number of hydrogen-bond donors (Lipinski definition) is 1. The monoisotopic (exact) mass is 314 g/mol. The molecule has 0 aliphatic carbocycles. The Morgan fingerprint density at radius 2 is 2.09 bits per heavy atom. The van der Waals surface area contributed by atoms with Gasteiger partial charge in [-0.3, -0.25) is 9.59 Å². The second-order valence-corrected chi connectivity index (χ2v) is 6.08. The number of nitriles is 1. The molecule has 6 heteroatoms. The lowest BCUT2D eigenvalue weighted by Crippen LogP contribution is -2.30. The lowest BCUT2D eigenvalue weighted by atomic mass is 10.1. The van der Waals surface area contributed by atoms with E-state index in [4.69, 9.17) is 5.26 Å². The Labute approximate surface area is 136 Å². The minimum absolute atomic E-state index is 0.0451. The Morgan fingerprint density at radius 1 is 1.39 bits per heavy atom. The van der Waals surface area contributed by atoms with Crippen molar-refractivity contribution < 1.29 is 9.59 Å². The summed E-state index contributed by atoms with van der Waals surface area (Å²) in [6.07, 6.45) is 1.17. The Hall–Kier alpha value is -2.39. The Kier molecular flexibility index (Phi) is 5.72. The van der Waals surface area contributed by atoms with Crippen LogP contribution in [-0.2, 0) is 9.59 Å². The molecule has 2 rings (SSSR count). The number of likely N-dealkylation sites (tertiary alicyclic amines) is 1. The molecule has 1 saturated heterocycles. The van der Waals surface area contributed by atoms with Gasteiger partial charge in [0.1, 0.15) is 0 Å². The van der Waals surface area contributed by atoms with Crippen LogP contribution in [-0.4, -0.2) is 55.3 Å². The van der Waals surface area contributed by atoms with Crippen LogP contribution in [0.15, 0.2) is 24.3 Å². The van der Waals surface area contributed by atoms with Crippen molar-refractivity contribution in [1.82, 2.24) is 9.80 Å². The van der Waals surface area contributed by atoms with Crippen molar-refractivity contribution in [3.8, 4) is 6.07 Å². The molecule has 122 valence electrons. The maximum absolute atomic E-state index is 12.3. The van der Waals surface area contributed by atoms with E-state index in [-0.39, 0.29) is 24.2 Å². The summed E-state index contributed by atoms with van der Waals surface area (Å²) >= 11 is 0. The Balaban J connectivity index is 1.85. The molecule has 1 heterocycles. The summed E-state index contributed by atoms with van der Waals surface area (Å²) in [6.45, 7) is 2.10. The van der Waals surface area contributed by atoms with Crippen LogP contribution in [0.2, 0.25) is 0 Å². The number of nitrogens with one attached hydrogen (secondary N) is 1. The van der Waals surface area contributed by atoms with Crippen LogP contribution in [0.5, 0.6) is 0 Å². The fourth-order valence-electron chi connectivity index (χ4n) is 2.61. The Bertz CT molecular complexity index is 604. The molecular formula is C17H22N4O2. The Morgan fingerprint density at radius 3 is 2.70 bits per heavy atom. The smallest absolute Gasteiger partial charge is 0.229 e. The number of rotatable bonds is 6. The third kappa shape index (κ3) is 4.80. The van der Waals surface area contributed by atoms with E-state index in [0.717, 1.165) is 13.0 Å². The second-order valence-electron chi connectivity index (χ2n) is 6.08. The van der Waals surface area contributed by atoms with Crippen LogP contribution >= 0.6 is 0 Å². The van der Waals surface area contributed by atoms with Gasteiger partial charge in [-0.05, 0) is 51.3 Å². The molecule has 0 saturated carbocycles. The van der Waals surface area contributed by atoms with Gasteiger partial charge >= 0.3 is 0 Å². The van der Waals surface area contributed by atoms with E-state index in [1.54, 1.807) is 29.2 Å². The van der Waals surface area contributed by atoms with Gasteiger partial charge in [-0.15, -0.1) is 0 Å². The first-order chi connectivity index (χ1) is 11.0. The first-order valence-electron chi connectivity index (χ1n) is 7.73. The normalized spacial score (nSPS) is 17.4. The summed E-state index contributed by atoms with van der Waals surface area (Å²) in [7, 11) is 4.00. The highest BCUT2D eigenvalue weighted by Crippen LogP contribution is 2.20. The van der Waals surface area contributed by atoms with Crippen LogP contribution in [0.3, 0.4) is 0 Å². The van der Waals surface area contributed by atoms with Crippen LogP contribution in [0.4, 0.5) is 5.69 Å². The van der Waals surface area contributed by atoms with E-state index >= 15 is 0 Å². The van der Waals surface area contributed by atoms with Crippen LogP contribution in [0.1, 0.15) is 18.4 Å². The maximum Gasteiger partial charge on any atom is 0.229 e.